The molecule has 6 atom stereocenters. The minimum atomic E-state index is -1.18. The molecule has 5 nitrogen and oxygen atoms in total. The van der Waals surface area contributed by atoms with Crippen molar-refractivity contribution in [3.05, 3.63) is 0 Å². The van der Waals surface area contributed by atoms with E-state index in [1.807, 2.05) is 0 Å². The first kappa shape index (κ1) is 12.4. The number of ether oxygens (including phenoxy) is 2. The van der Waals surface area contributed by atoms with E-state index in [0.29, 0.717) is 36.5 Å². The van der Waals surface area contributed by atoms with Crippen molar-refractivity contribution in [2.45, 2.75) is 38.9 Å². The Kier molecular flexibility index (Phi) is 2.24. The van der Waals surface area contributed by atoms with Crippen LogP contribution in [0.25, 0.3) is 0 Å². The zero-order chi connectivity index (χ0) is 14.2. The Morgan fingerprint density at radius 1 is 1.05 bits per heavy atom. The van der Waals surface area contributed by atoms with Gasteiger partial charge in [0.2, 0.25) is 0 Å². The quantitative estimate of drug-likeness (QED) is 0.562. The summed E-state index contributed by atoms with van der Waals surface area (Å²) < 4.78 is 11.0. The fourth-order valence-corrected chi connectivity index (χ4v) is 5.86. The van der Waals surface area contributed by atoms with Crippen molar-refractivity contribution in [1.82, 2.24) is 0 Å². The van der Waals surface area contributed by atoms with Crippen molar-refractivity contribution in [2.24, 2.45) is 35.5 Å². The van der Waals surface area contributed by atoms with Gasteiger partial charge >= 0.3 is 11.9 Å². The number of rotatable bonds is 2. The Morgan fingerprint density at radius 2 is 1.70 bits per heavy atom. The van der Waals surface area contributed by atoms with Crippen molar-refractivity contribution in [3.63, 3.8) is 0 Å². The zero-order valence-corrected chi connectivity index (χ0v) is 11.6. The highest BCUT2D eigenvalue weighted by atomic mass is 16.7. The number of esters is 2. The molecule has 0 aliphatic heterocycles. The molecule has 4 fully saturated rings. The summed E-state index contributed by atoms with van der Waals surface area (Å²) >= 11 is 0. The van der Waals surface area contributed by atoms with E-state index in [2.05, 4.69) is 0 Å². The van der Waals surface area contributed by atoms with E-state index in [-0.39, 0.29) is 17.6 Å². The fraction of sp³-hybridized carbons (Fsp3) is 0.800. The second-order valence-corrected chi connectivity index (χ2v) is 6.82. The largest absolute Gasteiger partial charge is 0.422 e. The molecular formula is C15H18O5. The Hall–Kier alpha value is -1.39. The highest BCUT2D eigenvalue weighted by Crippen LogP contribution is 2.72. The maximum absolute atomic E-state index is 12.3. The first-order valence-corrected chi connectivity index (χ1v) is 7.35. The van der Waals surface area contributed by atoms with Crippen LogP contribution in [0.2, 0.25) is 0 Å². The van der Waals surface area contributed by atoms with Crippen LogP contribution in [0.4, 0.5) is 0 Å². The van der Waals surface area contributed by atoms with Crippen molar-refractivity contribution >= 4 is 17.7 Å². The third kappa shape index (κ3) is 1.31. The van der Waals surface area contributed by atoms with Crippen molar-refractivity contribution in [2.75, 3.05) is 0 Å². The normalized spacial score (nSPS) is 45.8. The van der Waals surface area contributed by atoms with Gasteiger partial charge in [0.05, 0.1) is 0 Å². The van der Waals surface area contributed by atoms with Crippen LogP contribution in [0, 0.1) is 35.5 Å². The van der Waals surface area contributed by atoms with Gasteiger partial charge < -0.3 is 9.47 Å². The van der Waals surface area contributed by atoms with Gasteiger partial charge in [-0.25, -0.2) is 0 Å². The minimum Gasteiger partial charge on any atom is -0.422 e. The first-order valence-electron chi connectivity index (χ1n) is 7.35. The Bertz CT molecular complexity index is 508. The van der Waals surface area contributed by atoms with Gasteiger partial charge in [0.15, 0.2) is 0 Å². The molecule has 4 aliphatic rings. The average molecular weight is 278 g/mol. The van der Waals surface area contributed by atoms with E-state index >= 15 is 0 Å². The maximum atomic E-state index is 12.3. The van der Waals surface area contributed by atoms with Gasteiger partial charge in [-0.1, -0.05) is 0 Å². The molecule has 0 saturated heterocycles. The molecule has 0 N–H and O–H groups in total. The lowest BCUT2D eigenvalue weighted by molar-refractivity contribution is -0.244. The van der Waals surface area contributed by atoms with Crippen LogP contribution in [0.1, 0.15) is 33.1 Å². The summed E-state index contributed by atoms with van der Waals surface area (Å²) in [5.74, 6) is -0.392. The summed E-state index contributed by atoms with van der Waals surface area (Å²) in [4.78, 5) is 35.2. The highest BCUT2D eigenvalue weighted by Gasteiger charge is 2.76. The van der Waals surface area contributed by atoms with Gasteiger partial charge in [-0.05, 0) is 30.1 Å². The predicted octanol–water partition coefficient (Wildman–Crippen LogP) is 1.30. The minimum absolute atomic E-state index is 0.0672. The molecule has 0 aromatic rings. The standard InChI is InChI=1S/C15H18O5/c1-6(16)19-15(20-7(2)17)5-11-8-4-12(18)13-9(8)3-10(11)14(13)15/h8-11,13-14H,3-5H2,1-2H3/t8-,9+,10-,11-,13-,14+/m1/s1. The van der Waals surface area contributed by atoms with Crippen molar-refractivity contribution < 1.29 is 23.9 Å². The van der Waals surface area contributed by atoms with Gasteiger partial charge in [-0.15, -0.1) is 0 Å². The first-order chi connectivity index (χ1) is 9.43. The number of carbonyl (C=O) groups excluding carboxylic acids is 3. The fourth-order valence-electron chi connectivity index (χ4n) is 5.86. The monoisotopic (exact) mass is 278 g/mol. The maximum Gasteiger partial charge on any atom is 0.305 e. The van der Waals surface area contributed by atoms with Crippen LogP contribution >= 0.6 is 0 Å². The molecule has 0 heterocycles. The molecule has 4 aliphatic carbocycles. The van der Waals surface area contributed by atoms with Gasteiger partial charge in [-0.3, -0.25) is 14.4 Å². The molecule has 5 heteroatoms. The molecular weight excluding hydrogens is 260 g/mol. The van der Waals surface area contributed by atoms with Gasteiger partial charge in [0.25, 0.3) is 5.79 Å². The summed E-state index contributed by atoms with van der Waals surface area (Å²) in [7, 11) is 0. The van der Waals surface area contributed by atoms with Crippen LogP contribution in [-0.4, -0.2) is 23.5 Å². The number of Topliss-reactive ketones (excluding diaryl/α,β-unsaturated/α-hetero) is 1. The average Bonchev–Trinajstić information content (AvgIpc) is 2.92. The zero-order valence-electron chi connectivity index (χ0n) is 11.6. The van der Waals surface area contributed by atoms with E-state index in [0.717, 1.165) is 6.42 Å². The third-order valence-corrected chi connectivity index (χ3v) is 5.97. The summed E-state index contributed by atoms with van der Waals surface area (Å²) in [5.41, 5.74) is 0. The SMILES string of the molecule is CC(=O)OC1(OC(C)=O)C[C@@H]2[C@@H]3CC(=O)[C@H]4[C@H]3C[C@H]2[C@@H]41. The second kappa shape index (κ2) is 3.62. The van der Waals surface area contributed by atoms with Crippen LogP contribution in [-0.2, 0) is 23.9 Å². The number of carbonyl (C=O) groups is 3. The molecule has 0 unspecified atom stereocenters. The Labute approximate surface area is 117 Å². The molecule has 4 rings (SSSR count). The molecule has 0 amide bonds. The van der Waals surface area contributed by atoms with Crippen LogP contribution < -0.4 is 0 Å². The molecule has 0 aromatic carbocycles. The molecule has 0 spiro atoms. The molecule has 20 heavy (non-hydrogen) atoms. The predicted molar refractivity (Wildman–Crippen MR) is 66.1 cm³/mol. The summed E-state index contributed by atoms with van der Waals surface area (Å²) in [6.45, 7) is 2.66. The molecule has 4 saturated carbocycles. The highest BCUT2D eigenvalue weighted by molar-refractivity contribution is 5.86. The van der Waals surface area contributed by atoms with E-state index in [4.69, 9.17) is 9.47 Å². The van der Waals surface area contributed by atoms with E-state index in [1.165, 1.54) is 13.8 Å². The number of hydrogen-bond donors (Lipinski definition) is 0. The third-order valence-electron chi connectivity index (χ3n) is 5.97. The van der Waals surface area contributed by atoms with E-state index in [9.17, 15) is 14.4 Å². The summed E-state index contributed by atoms with van der Waals surface area (Å²) in [5, 5.41) is 0. The topological polar surface area (TPSA) is 69.7 Å². The second-order valence-electron chi connectivity index (χ2n) is 6.82. The molecule has 108 valence electrons. The van der Waals surface area contributed by atoms with Gasteiger partial charge in [0.1, 0.15) is 5.78 Å². The van der Waals surface area contributed by atoms with Gasteiger partial charge in [-0.2, -0.15) is 0 Å². The summed E-state index contributed by atoms with van der Waals surface area (Å²) in [6.07, 6.45) is 2.27. The van der Waals surface area contributed by atoms with E-state index < -0.39 is 17.7 Å². The molecule has 0 aromatic heterocycles. The van der Waals surface area contributed by atoms with Crippen LogP contribution in [0.3, 0.4) is 0 Å². The van der Waals surface area contributed by atoms with Crippen LogP contribution in [0.15, 0.2) is 0 Å². The number of fused-ring (bicyclic) bond motifs is 2. The number of ketones is 1. The molecule has 0 radical (unpaired) electrons. The number of hydrogen-bond acceptors (Lipinski definition) is 5. The lowest BCUT2D eigenvalue weighted by atomic mass is 9.79. The van der Waals surface area contributed by atoms with Crippen LogP contribution in [0.5, 0.6) is 0 Å². The Balaban J connectivity index is 1.77. The molecule has 2 bridgehead atoms. The smallest absolute Gasteiger partial charge is 0.305 e. The van der Waals surface area contributed by atoms with Gasteiger partial charge in [0, 0.05) is 38.5 Å². The summed E-state index contributed by atoms with van der Waals surface area (Å²) in [6, 6.07) is 0. The van der Waals surface area contributed by atoms with Crippen molar-refractivity contribution in [3.8, 4) is 0 Å². The Morgan fingerprint density at radius 3 is 2.30 bits per heavy atom. The van der Waals surface area contributed by atoms with Crippen molar-refractivity contribution in [1.29, 1.82) is 0 Å². The van der Waals surface area contributed by atoms with E-state index in [1.54, 1.807) is 0 Å². The lowest BCUT2D eigenvalue weighted by Gasteiger charge is -2.35. The lowest BCUT2D eigenvalue weighted by Crippen LogP contribution is -2.46.